The third-order valence-electron chi connectivity index (χ3n) is 7.05. The first kappa shape index (κ1) is 22.7. The molecule has 1 saturated heterocycles. The predicted octanol–water partition coefficient (Wildman–Crippen LogP) is 2.47. The molecule has 1 atom stereocenters. The molecule has 2 N–H and O–H groups in total. The minimum absolute atomic E-state index is 0.0319. The fraction of sp³-hybridized carbons (Fsp3) is 0.600. The van der Waals surface area contributed by atoms with Gasteiger partial charge in [-0.15, -0.1) is 0 Å². The molecule has 1 unspecified atom stereocenters. The highest BCUT2D eigenvalue weighted by Gasteiger charge is 2.39. The molecule has 2 aliphatic carbocycles. The lowest BCUT2D eigenvalue weighted by Crippen LogP contribution is -2.35. The Morgan fingerprint density at radius 3 is 2.59 bits per heavy atom. The second kappa shape index (κ2) is 8.60. The van der Waals surface area contributed by atoms with Crippen LogP contribution in [0.3, 0.4) is 0 Å². The minimum atomic E-state index is -0.659. The first-order chi connectivity index (χ1) is 16.3. The lowest BCUT2D eigenvalue weighted by atomic mass is 10.1. The molecule has 2 amide bonds. The van der Waals surface area contributed by atoms with Crippen molar-refractivity contribution in [2.75, 3.05) is 6.54 Å². The molecular formula is C25H33N5O4. The summed E-state index contributed by atoms with van der Waals surface area (Å²) >= 11 is 0. The van der Waals surface area contributed by atoms with E-state index in [0.717, 1.165) is 32.2 Å². The van der Waals surface area contributed by atoms with Gasteiger partial charge in [-0.05, 0) is 63.4 Å². The SMILES string of the molecule is Cc1nn2c(=O)c(C(=O)NC3CC3)c(O)n(CC(C)C)c2c1C=CC(=O)N1CCCC1C1CC1. The Morgan fingerprint density at radius 2 is 1.94 bits per heavy atom. The monoisotopic (exact) mass is 467 g/mol. The van der Waals surface area contributed by atoms with Crippen LogP contribution in [0, 0.1) is 18.8 Å². The molecule has 3 fully saturated rings. The van der Waals surface area contributed by atoms with Crippen LogP contribution in [0.1, 0.15) is 74.0 Å². The quantitative estimate of drug-likeness (QED) is 0.608. The van der Waals surface area contributed by atoms with Gasteiger partial charge in [-0.1, -0.05) is 13.8 Å². The maximum Gasteiger partial charge on any atom is 0.291 e. The van der Waals surface area contributed by atoms with Crippen LogP contribution in [0.2, 0.25) is 0 Å². The number of carbonyl (C=O) groups excluding carboxylic acids is 2. The Morgan fingerprint density at radius 1 is 1.21 bits per heavy atom. The Bertz CT molecular complexity index is 1230. The van der Waals surface area contributed by atoms with Gasteiger partial charge < -0.3 is 15.3 Å². The number of fused-ring (bicyclic) bond motifs is 1. The van der Waals surface area contributed by atoms with Crippen molar-refractivity contribution >= 4 is 23.5 Å². The standard InChI is InChI=1S/C25H33N5O4/c1-14(2)13-29-23-18(10-11-20(31)28-12-4-5-19(28)16-6-7-16)15(3)27-30(23)25(34)21(24(29)33)22(32)26-17-8-9-17/h10-11,14,16-17,19,33H,4-9,12-13H2,1-3H3,(H,26,32). The normalized spacial score (nSPS) is 20.7. The molecule has 3 heterocycles. The van der Waals surface area contributed by atoms with Crippen molar-refractivity contribution in [1.29, 1.82) is 0 Å². The van der Waals surface area contributed by atoms with Crippen LogP contribution in [0.5, 0.6) is 5.88 Å². The molecule has 2 aromatic rings. The molecule has 0 bridgehead atoms. The van der Waals surface area contributed by atoms with Crippen LogP contribution in [-0.4, -0.2) is 54.6 Å². The Labute approximate surface area is 198 Å². The summed E-state index contributed by atoms with van der Waals surface area (Å²) < 4.78 is 2.76. The second-order valence-corrected chi connectivity index (χ2v) is 10.4. The van der Waals surface area contributed by atoms with Gasteiger partial charge in [0.1, 0.15) is 5.65 Å². The average Bonchev–Trinajstić information content (AvgIpc) is 3.71. The maximum atomic E-state index is 13.2. The summed E-state index contributed by atoms with van der Waals surface area (Å²) in [6, 6.07) is 0.382. The van der Waals surface area contributed by atoms with Crippen LogP contribution in [-0.2, 0) is 11.3 Å². The van der Waals surface area contributed by atoms with Crippen molar-refractivity contribution in [3.63, 3.8) is 0 Å². The molecule has 0 radical (unpaired) electrons. The Balaban J connectivity index is 1.56. The van der Waals surface area contributed by atoms with Crippen LogP contribution in [0.25, 0.3) is 11.7 Å². The average molecular weight is 468 g/mol. The van der Waals surface area contributed by atoms with E-state index in [1.807, 2.05) is 18.7 Å². The molecule has 9 heteroatoms. The number of amides is 2. The smallest absolute Gasteiger partial charge is 0.291 e. The van der Waals surface area contributed by atoms with Gasteiger partial charge in [-0.25, -0.2) is 0 Å². The molecule has 1 aliphatic heterocycles. The van der Waals surface area contributed by atoms with E-state index < -0.39 is 11.5 Å². The molecule has 2 saturated carbocycles. The lowest BCUT2D eigenvalue weighted by molar-refractivity contribution is -0.127. The number of hydrogen-bond acceptors (Lipinski definition) is 5. The van der Waals surface area contributed by atoms with Crippen LogP contribution in [0.4, 0.5) is 0 Å². The molecule has 3 aliphatic rings. The largest absolute Gasteiger partial charge is 0.494 e. The van der Waals surface area contributed by atoms with Gasteiger partial charge in [0.15, 0.2) is 5.56 Å². The molecule has 2 aromatic heterocycles. The zero-order valence-corrected chi connectivity index (χ0v) is 20.1. The zero-order chi connectivity index (χ0) is 24.1. The predicted molar refractivity (Wildman–Crippen MR) is 128 cm³/mol. The highest BCUT2D eigenvalue weighted by atomic mass is 16.3. The summed E-state index contributed by atoms with van der Waals surface area (Å²) in [6.45, 7) is 6.91. The summed E-state index contributed by atoms with van der Waals surface area (Å²) in [5.41, 5.74) is 0.586. The molecule has 0 spiro atoms. The number of aromatic nitrogens is 3. The van der Waals surface area contributed by atoms with Crippen molar-refractivity contribution in [2.45, 2.75) is 77.9 Å². The van der Waals surface area contributed by atoms with Crippen molar-refractivity contribution in [2.24, 2.45) is 11.8 Å². The van der Waals surface area contributed by atoms with Crippen LogP contribution < -0.4 is 10.9 Å². The number of aryl methyl sites for hydroxylation is 1. The third kappa shape index (κ3) is 4.12. The van der Waals surface area contributed by atoms with Crippen molar-refractivity contribution in [3.8, 4) is 5.88 Å². The zero-order valence-electron chi connectivity index (χ0n) is 20.1. The first-order valence-electron chi connectivity index (χ1n) is 12.4. The highest BCUT2D eigenvalue weighted by molar-refractivity contribution is 5.97. The van der Waals surface area contributed by atoms with E-state index in [9.17, 15) is 19.5 Å². The third-order valence-corrected chi connectivity index (χ3v) is 7.05. The fourth-order valence-electron chi connectivity index (χ4n) is 5.07. The first-order valence-corrected chi connectivity index (χ1v) is 12.4. The van der Waals surface area contributed by atoms with Crippen molar-refractivity contribution in [1.82, 2.24) is 24.4 Å². The number of carbonyl (C=O) groups is 2. The van der Waals surface area contributed by atoms with E-state index in [4.69, 9.17) is 0 Å². The minimum Gasteiger partial charge on any atom is -0.494 e. The van der Waals surface area contributed by atoms with Crippen LogP contribution >= 0.6 is 0 Å². The van der Waals surface area contributed by atoms with E-state index in [-0.39, 0.29) is 29.3 Å². The topological polar surface area (TPSA) is 109 Å². The number of hydrogen-bond donors (Lipinski definition) is 2. The van der Waals surface area contributed by atoms with Crippen molar-refractivity contribution in [3.05, 3.63) is 33.3 Å². The number of aromatic hydroxyl groups is 1. The summed E-state index contributed by atoms with van der Waals surface area (Å²) in [5, 5.41) is 18.3. The lowest BCUT2D eigenvalue weighted by Gasteiger charge is -2.23. The Hall–Kier alpha value is -3.10. The number of rotatable bonds is 7. The van der Waals surface area contributed by atoms with E-state index >= 15 is 0 Å². The van der Waals surface area contributed by atoms with E-state index in [2.05, 4.69) is 10.4 Å². The number of nitrogens with zero attached hydrogens (tertiary/aromatic N) is 4. The van der Waals surface area contributed by atoms with Gasteiger partial charge in [0.2, 0.25) is 11.8 Å². The molecule has 0 aromatic carbocycles. The summed E-state index contributed by atoms with van der Waals surface area (Å²) in [7, 11) is 0. The number of likely N-dealkylation sites (tertiary alicyclic amines) is 1. The number of nitrogens with one attached hydrogen (secondary N) is 1. The highest BCUT2D eigenvalue weighted by Crippen LogP contribution is 2.40. The van der Waals surface area contributed by atoms with Gasteiger partial charge >= 0.3 is 0 Å². The second-order valence-electron chi connectivity index (χ2n) is 10.4. The van der Waals surface area contributed by atoms with Gasteiger partial charge in [0.05, 0.1) is 5.69 Å². The van der Waals surface area contributed by atoms with E-state index in [1.54, 1.807) is 23.6 Å². The summed E-state index contributed by atoms with van der Waals surface area (Å²) in [4.78, 5) is 41.0. The maximum absolute atomic E-state index is 13.2. The van der Waals surface area contributed by atoms with Gasteiger partial charge in [-0.2, -0.15) is 9.61 Å². The molecule has 5 rings (SSSR count). The van der Waals surface area contributed by atoms with Gasteiger partial charge in [0.25, 0.3) is 11.5 Å². The van der Waals surface area contributed by atoms with E-state index in [0.29, 0.717) is 35.4 Å². The molecule has 182 valence electrons. The van der Waals surface area contributed by atoms with Gasteiger partial charge in [0, 0.05) is 36.8 Å². The van der Waals surface area contributed by atoms with Crippen molar-refractivity contribution < 1.29 is 14.7 Å². The Kier molecular flexibility index (Phi) is 5.73. The fourth-order valence-corrected chi connectivity index (χ4v) is 5.07. The molecule has 9 nitrogen and oxygen atoms in total. The molecule has 34 heavy (non-hydrogen) atoms. The molecular weight excluding hydrogens is 434 g/mol. The van der Waals surface area contributed by atoms with Gasteiger partial charge in [-0.3, -0.25) is 19.0 Å². The summed E-state index contributed by atoms with van der Waals surface area (Å²) in [6.07, 6.45) is 9.49. The summed E-state index contributed by atoms with van der Waals surface area (Å²) in [5.74, 6) is -0.208. The van der Waals surface area contributed by atoms with Crippen LogP contribution in [0.15, 0.2) is 10.9 Å². The van der Waals surface area contributed by atoms with E-state index in [1.165, 1.54) is 17.4 Å².